The molecule has 0 atom stereocenters. The first-order chi connectivity index (χ1) is 7.31. The van der Waals surface area contributed by atoms with E-state index in [0.717, 1.165) is 13.0 Å². The molecule has 0 aliphatic carbocycles. The molecular formula is C14H17N. The van der Waals surface area contributed by atoms with Crippen molar-refractivity contribution in [1.82, 2.24) is 0 Å². The number of aryl methyl sites for hydroxylation is 1. The van der Waals surface area contributed by atoms with Crippen molar-refractivity contribution in [2.45, 2.75) is 20.3 Å². The fourth-order valence-electron chi connectivity index (χ4n) is 1.87. The molecule has 0 amide bonds. The maximum Gasteiger partial charge on any atom is 0.0422 e. The zero-order valence-corrected chi connectivity index (χ0v) is 9.38. The highest BCUT2D eigenvalue weighted by molar-refractivity contribution is 5.94. The van der Waals surface area contributed by atoms with Gasteiger partial charge in [0, 0.05) is 17.6 Å². The quantitative estimate of drug-likeness (QED) is 0.788. The van der Waals surface area contributed by atoms with Gasteiger partial charge in [-0.1, -0.05) is 37.3 Å². The van der Waals surface area contributed by atoms with Gasteiger partial charge in [0.25, 0.3) is 0 Å². The minimum atomic E-state index is 1.04. The summed E-state index contributed by atoms with van der Waals surface area (Å²) in [4.78, 5) is 0. The van der Waals surface area contributed by atoms with Gasteiger partial charge in [0.2, 0.25) is 0 Å². The Hall–Kier alpha value is -1.50. The van der Waals surface area contributed by atoms with Gasteiger partial charge in [-0.2, -0.15) is 0 Å². The van der Waals surface area contributed by atoms with Gasteiger partial charge in [-0.15, -0.1) is 0 Å². The summed E-state index contributed by atoms with van der Waals surface area (Å²) in [6.45, 7) is 5.36. The molecule has 0 aliphatic heterocycles. The molecule has 0 bridgehead atoms. The second kappa shape index (κ2) is 4.35. The zero-order chi connectivity index (χ0) is 10.7. The van der Waals surface area contributed by atoms with Crippen molar-refractivity contribution in [2.75, 3.05) is 11.9 Å². The first kappa shape index (κ1) is 10.0. The van der Waals surface area contributed by atoms with E-state index in [-0.39, 0.29) is 0 Å². The lowest BCUT2D eigenvalue weighted by Crippen LogP contribution is -2.00. The monoisotopic (exact) mass is 199 g/mol. The van der Waals surface area contributed by atoms with Gasteiger partial charge in [0.05, 0.1) is 0 Å². The van der Waals surface area contributed by atoms with E-state index >= 15 is 0 Å². The lowest BCUT2D eigenvalue weighted by Gasteiger charge is -2.10. The summed E-state index contributed by atoms with van der Waals surface area (Å²) in [5.74, 6) is 0. The van der Waals surface area contributed by atoms with Crippen LogP contribution in [-0.2, 0) is 0 Å². The normalized spacial score (nSPS) is 10.5. The van der Waals surface area contributed by atoms with E-state index in [1.807, 2.05) is 0 Å². The fraction of sp³-hybridized carbons (Fsp3) is 0.286. The summed E-state index contributed by atoms with van der Waals surface area (Å²) in [6, 6.07) is 13.0. The van der Waals surface area contributed by atoms with Crippen LogP contribution in [0.25, 0.3) is 10.8 Å². The van der Waals surface area contributed by atoms with Gasteiger partial charge in [-0.3, -0.25) is 0 Å². The lowest BCUT2D eigenvalue weighted by molar-refractivity contribution is 0.981. The van der Waals surface area contributed by atoms with Crippen molar-refractivity contribution in [2.24, 2.45) is 0 Å². The average molecular weight is 199 g/mol. The average Bonchev–Trinajstić information content (AvgIpc) is 2.25. The number of benzene rings is 2. The van der Waals surface area contributed by atoms with Gasteiger partial charge < -0.3 is 5.32 Å². The van der Waals surface area contributed by atoms with Gasteiger partial charge in [0.15, 0.2) is 0 Å². The topological polar surface area (TPSA) is 12.0 Å². The summed E-state index contributed by atoms with van der Waals surface area (Å²) >= 11 is 0. The highest BCUT2D eigenvalue weighted by Crippen LogP contribution is 2.25. The van der Waals surface area contributed by atoms with Crippen molar-refractivity contribution >= 4 is 16.5 Å². The molecule has 0 spiro atoms. The molecule has 0 radical (unpaired) electrons. The molecule has 15 heavy (non-hydrogen) atoms. The number of fused-ring (bicyclic) bond motifs is 1. The van der Waals surface area contributed by atoms with Crippen molar-refractivity contribution in [3.05, 3.63) is 42.0 Å². The lowest BCUT2D eigenvalue weighted by atomic mass is 10.1. The Morgan fingerprint density at radius 1 is 1.13 bits per heavy atom. The maximum absolute atomic E-state index is 3.48. The van der Waals surface area contributed by atoms with E-state index < -0.39 is 0 Å². The van der Waals surface area contributed by atoms with Crippen LogP contribution in [-0.4, -0.2) is 6.54 Å². The number of hydrogen-bond acceptors (Lipinski definition) is 1. The highest BCUT2D eigenvalue weighted by Gasteiger charge is 2.00. The summed E-state index contributed by atoms with van der Waals surface area (Å²) in [5.41, 5.74) is 2.57. The zero-order valence-electron chi connectivity index (χ0n) is 9.38. The molecule has 0 saturated carbocycles. The van der Waals surface area contributed by atoms with Crippen LogP contribution in [0.5, 0.6) is 0 Å². The van der Waals surface area contributed by atoms with Gasteiger partial charge in [-0.25, -0.2) is 0 Å². The van der Waals surface area contributed by atoms with Crippen molar-refractivity contribution in [3.8, 4) is 0 Å². The van der Waals surface area contributed by atoms with Gasteiger partial charge in [-0.05, 0) is 30.4 Å². The molecule has 2 aromatic rings. The second-order valence-corrected chi connectivity index (χ2v) is 3.96. The SMILES string of the molecule is CCCNc1cc(C)cc2ccccc12. The summed E-state index contributed by atoms with van der Waals surface area (Å²) in [5, 5.41) is 6.11. The molecule has 0 saturated heterocycles. The molecule has 0 aromatic heterocycles. The minimum absolute atomic E-state index is 1.04. The van der Waals surface area contributed by atoms with Crippen LogP contribution in [0.4, 0.5) is 5.69 Å². The standard InChI is InChI=1S/C14H17N/c1-3-8-15-14-10-11(2)9-12-6-4-5-7-13(12)14/h4-7,9-10,15H,3,8H2,1-2H3. The van der Waals surface area contributed by atoms with Crippen LogP contribution < -0.4 is 5.32 Å². The fourth-order valence-corrected chi connectivity index (χ4v) is 1.87. The van der Waals surface area contributed by atoms with E-state index in [4.69, 9.17) is 0 Å². The summed E-state index contributed by atoms with van der Waals surface area (Å²) in [7, 11) is 0. The highest BCUT2D eigenvalue weighted by atomic mass is 14.9. The van der Waals surface area contributed by atoms with Crippen LogP contribution in [0.2, 0.25) is 0 Å². The maximum atomic E-state index is 3.48. The van der Waals surface area contributed by atoms with Gasteiger partial charge >= 0.3 is 0 Å². The number of rotatable bonds is 3. The number of hydrogen-bond donors (Lipinski definition) is 1. The van der Waals surface area contributed by atoms with Crippen molar-refractivity contribution in [3.63, 3.8) is 0 Å². The molecule has 1 nitrogen and oxygen atoms in total. The Balaban J connectivity index is 2.50. The Labute approximate surface area is 91.1 Å². The van der Waals surface area contributed by atoms with E-state index in [9.17, 15) is 0 Å². The molecule has 78 valence electrons. The number of anilines is 1. The molecule has 0 fully saturated rings. The number of nitrogens with one attached hydrogen (secondary N) is 1. The minimum Gasteiger partial charge on any atom is -0.385 e. The molecular weight excluding hydrogens is 182 g/mol. The van der Waals surface area contributed by atoms with Gasteiger partial charge in [0.1, 0.15) is 0 Å². The predicted octanol–water partition coefficient (Wildman–Crippen LogP) is 3.97. The molecule has 0 aliphatic rings. The van der Waals surface area contributed by atoms with E-state index in [1.165, 1.54) is 22.0 Å². The molecule has 2 rings (SSSR count). The first-order valence-electron chi connectivity index (χ1n) is 5.54. The van der Waals surface area contributed by atoms with E-state index in [0.29, 0.717) is 0 Å². The van der Waals surface area contributed by atoms with Crippen molar-refractivity contribution < 1.29 is 0 Å². The third-order valence-electron chi connectivity index (χ3n) is 2.57. The Morgan fingerprint density at radius 3 is 2.73 bits per heavy atom. The third kappa shape index (κ3) is 2.12. The Bertz CT molecular complexity index is 460. The van der Waals surface area contributed by atoms with Crippen LogP contribution >= 0.6 is 0 Å². The molecule has 0 heterocycles. The molecule has 1 heteroatoms. The molecule has 2 aromatic carbocycles. The van der Waals surface area contributed by atoms with Crippen LogP contribution in [0.15, 0.2) is 36.4 Å². The van der Waals surface area contributed by atoms with E-state index in [1.54, 1.807) is 0 Å². The Morgan fingerprint density at radius 2 is 1.93 bits per heavy atom. The third-order valence-corrected chi connectivity index (χ3v) is 2.57. The van der Waals surface area contributed by atoms with Crippen LogP contribution in [0, 0.1) is 6.92 Å². The van der Waals surface area contributed by atoms with Crippen LogP contribution in [0.1, 0.15) is 18.9 Å². The van der Waals surface area contributed by atoms with Crippen LogP contribution in [0.3, 0.4) is 0 Å². The summed E-state index contributed by atoms with van der Waals surface area (Å²) in [6.07, 6.45) is 1.16. The summed E-state index contributed by atoms with van der Waals surface area (Å²) < 4.78 is 0. The molecule has 1 N–H and O–H groups in total. The van der Waals surface area contributed by atoms with Crippen molar-refractivity contribution in [1.29, 1.82) is 0 Å². The Kier molecular flexibility index (Phi) is 2.91. The molecule has 0 unspecified atom stereocenters. The predicted molar refractivity (Wildman–Crippen MR) is 67.5 cm³/mol. The first-order valence-corrected chi connectivity index (χ1v) is 5.54. The van der Waals surface area contributed by atoms with E-state index in [2.05, 4.69) is 55.6 Å². The second-order valence-electron chi connectivity index (χ2n) is 3.96. The largest absolute Gasteiger partial charge is 0.385 e. The smallest absolute Gasteiger partial charge is 0.0422 e.